The molecule has 2 saturated heterocycles. The van der Waals surface area contributed by atoms with Crippen LogP contribution >= 0.6 is 0 Å². The monoisotopic (exact) mass is 361 g/mol. The summed E-state index contributed by atoms with van der Waals surface area (Å²) in [7, 11) is 0. The smallest absolute Gasteiger partial charge is 0.317 e. The maximum absolute atomic E-state index is 12.2. The number of amides is 2. The zero-order valence-corrected chi connectivity index (χ0v) is 15.8. The van der Waals surface area contributed by atoms with Gasteiger partial charge in [0, 0.05) is 45.3 Å². The van der Waals surface area contributed by atoms with E-state index < -0.39 is 5.60 Å². The number of aromatic nitrogens is 2. The molecular formula is C19H31N5O2. The van der Waals surface area contributed by atoms with Crippen LogP contribution in [-0.2, 0) is 13.0 Å². The van der Waals surface area contributed by atoms with Crippen LogP contribution in [0.15, 0.2) is 12.3 Å². The van der Waals surface area contributed by atoms with Crippen LogP contribution in [-0.4, -0.2) is 69.2 Å². The first kappa shape index (κ1) is 19.0. The standard InChI is InChI=1S/C19H31N5O2/c1-2-17-20-9-6-16(22-17)14-23-10-5-7-19(26,8-13-23)15-21-18(25)24-11-3-4-12-24/h6,9,26H,2-5,7-8,10-15H2,1H3,(H,21,25)/t19-/m0/s1. The molecule has 26 heavy (non-hydrogen) atoms. The lowest BCUT2D eigenvalue weighted by molar-refractivity contribution is 0.0268. The highest BCUT2D eigenvalue weighted by Crippen LogP contribution is 2.23. The van der Waals surface area contributed by atoms with Crippen molar-refractivity contribution in [1.82, 2.24) is 25.1 Å². The highest BCUT2D eigenvalue weighted by atomic mass is 16.3. The molecule has 2 amide bonds. The fourth-order valence-corrected chi connectivity index (χ4v) is 3.77. The van der Waals surface area contributed by atoms with Gasteiger partial charge in [0.15, 0.2) is 0 Å². The van der Waals surface area contributed by atoms with Crippen LogP contribution in [0, 0.1) is 0 Å². The second kappa shape index (κ2) is 8.77. The number of hydrogen-bond acceptors (Lipinski definition) is 5. The Kier molecular flexibility index (Phi) is 6.43. The van der Waals surface area contributed by atoms with E-state index in [1.54, 1.807) is 0 Å². The van der Waals surface area contributed by atoms with Crippen LogP contribution in [0.2, 0.25) is 0 Å². The number of carbonyl (C=O) groups excluding carboxylic acids is 1. The van der Waals surface area contributed by atoms with E-state index in [0.717, 1.165) is 69.9 Å². The van der Waals surface area contributed by atoms with E-state index in [2.05, 4.69) is 27.1 Å². The lowest BCUT2D eigenvalue weighted by Crippen LogP contribution is -2.47. The number of aliphatic hydroxyl groups is 1. The van der Waals surface area contributed by atoms with Crippen LogP contribution < -0.4 is 5.32 Å². The Balaban J connectivity index is 1.49. The minimum atomic E-state index is -0.815. The second-order valence-corrected chi connectivity index (χ2v) is 7.52. The third-order valence-electron chi connectivity index (χ3n) is 5.44. The molecule has 0 spiro atoms. The van der Waals surface area contributed by atoms with E-state index in [4.69, 9.17) is 0 Å². The van der Waals surface area contributed by atoms with Gasteiger partial charge in [-0.25, -0.2) is 14.8 Å². The van der Waals surface area contributed by atoms with Crippen LogP contribution in [0.1, 0.15) is 50.5 Å². The Labute approximate surface area is 155 Å². The van der Waals surface area contributed by atoms with Gasteiger partial charge in [-0.05, 0) is 44.7 Å². The molecule has 1 aromatic heterocycles. The number of likely N-dealkylation sites (tertiary alicyclic amines) is 2. The number of hydrogen-bond donors (Lipinski definition) is 2. The zero-order valence-electron chi connectivity index (χ0n) is 15.8. The minimum Gasteiger partial charge on any atom is -0.388 e. The predicted octanol–water partition coefficient (Wildman–Crippen LogP) is 1.56. The number of nitrogens with one attached hydrogen (secondary N) is 1. The average molecular weight is 361 g/mol. The van der Waals surface area contributed by atoms with Crippen molar-refractivity contribution >= 4 is 6.03 Å². The molecule has 3 rings (SSSR count). The molecule has 2 N–H and O–H groups in total. The summed E-state index contributed by atoms with van der Waals surface area (Å²) in [6.07, 6.45) is 7.12. The fraction of sp³-hybridized carbons (Fsp3) is 0.737. The van der Waals surface area contributed by atoms with Crippen molar-refractivity contribution in [2.75, 3.05) is 32.7 Å². The van der Waals surface area contributed by atoms with E-state index in [0.29, 0.717) is 19.4 Å². The molecule has 0 unspecified atom stereocenters. The van der Waals surface area contributed by atoms with E-state index in [1.807, 2.05) is 17.2 Å². The summed E-state index contributed by atoms with van der Waals surface area (Å²) in [6.45, 7) is 6.58. The summed E-state index contributed by atoms with van der Waals surface area (Å²) in [6, 6.07) is 1.93. The fourth-order valence-electron chi connectivity index (χ4n) is 3.77. The van der Waals surface area contributed by atoms with Crippen LogP contribution in [0.5, 0.6) is 0 Å². The lowest BCUT2D eigenvalue weighted by atomic mass is 9.95. The van der Waals surface area contributed by atoms with Crippen molar-refractivity contribution in [3.63, 3.8) is 0 Å². The molecule has 0 saturated carbocycles. The molecule has 1 atom stereocenters. The largest absolute Gasteiger partial charge is 0.388 e. The molecule has 0 aliphatic carbocycles. The molecule has 1 aromatic rings. The molecular weight excluding hydrogens is 330 g/mol. The molecule has 2 aliphatic heterocycles. The molecule has 0 radical (unpaired) electrons. The van der Waals surface area contributed by atoms with Crippen LogP contribution in [0.25, 0.3) is 0 Å². The number of urea groups is 1. The number of carbonyl (C=O) groups is 1. The number of rotatable bonds is 5. The van der Waals surface area contributed by atoms with Crippen molar-refractivity contribution in [2.45, 2.75) is 57.6 Å². The van der Waals surface area contributed by atoms with E-state index in [-0.39, 0.29) is 6.03 Å². The van der Waals surface area contributed by atoms with Gasteiger partial charge in [-0.15, -0.1) is 0 Å². The topological polar surface area (TPSA) is 81.6 Å². The predicted molar refractivity (Wildman–Crippen MR) is 99.7 cm³/mol. The first-order valence-electron chi connectivity index (χ1n) is 9.86. The quantitative estimate of drug-likeness (QED) is 0.832. The Morgan fingerprint density at radius 2 is 2.04 bits per heavy atom. The Morgan fingerprint density at radius 3 is 2.81 bits per heavy atom. The van der Waals surface area contributed by atoms with Crippen molar-refractivity contribution in [2.24, 2.45) is 0 Å². The summed E-state index contributed by atoms with van der Waals surface area (Å²) >= 11 is 0. The van der Waals surface area contributed by atoms with Crippen molar-refractivity contribution < 1.29 is 9.90 Å². The molecule has 144 valence electrons. The van der Waals surface area contributed by atoms with Gasteiger partial charge < -0.3 is 15.3 Å². The first-order valence-corrected chi connectivity index (χ1v) is 9.86. The molecule has 7 nitrogen and oxygen atoms in total. The van der Waals surface area contributed by atoms with Gasteiger partial charge in [-0.1, -0.05) is 6.92 Å². The number of aryl methyl sites for hydroxylation is 1. The average Bonchev–Trinajstić information content (AvgIpc) is 3.13. The third kappa shape index (κ3) is 5.14. The van der Waals surface area contributed by atoms with E-state index >= 15 is 0 Å². The van der Waals surface area contributed by atoms with E-state index in [9.17, 15) is 9.90 Å². The van der Waals surface area contributed by atoms with Gasteiger partial charge in [0.25, 0.3) is 0 Å². The summed E-state index contributed by atoms with van der Waals surface area (Å²) in [5, 5.41) is 13.9. The van der Waals surface area contributed by atoms with Crippen molar-refractivity contribution in [3.8, 4) is 0 Å². The van der Waals surface area contributed by atoms with Gasteiger partial charge in [0.1, 0.15) is 5.82 Å². The summed E-state index contributed by atoms with van der Waals surface area (Å²) in [4.78, 5) is 25.2. The zero-order chi connectivity index (χ0) is 18.4. The van der Waals surface area contributed by atoms with Gasteiger partial charge in [-0.3, -0.25) is 4.90 Å². The summed E-state index contributed by atoms with van der Waals surface area (Å²) in [5.74, 6) is 0.874. The normalized spacial score (nSPS) is 24.5. The molecule has 7 heteroatoms. The van der Waals surface area contributed by atoms with Gasteiger partial charge in [-0.2, -0.15) is 0 Å². The molecule has 0 bridgehead atoms. The van der Waals surface area contributed by atoms with Gasteiger partial charge >= 0.3 is 6.03 Å². The molecule has 2 aliphatic rings. The molecule has 3 heterocycles. The number of nitrogens with zero attached hydrogens (tertiary/aromatic N) is 4. The van der Waals surface area contributed by atoms with E-state index in [1.165, 1.54) is 0 Å². The molecule has 0 aromatic carbocycles. The summed E-state index contributed by atoms with van der Waals surface area (Å²) in [5.41, 5.74) is 0.217. The van der Waals surface area contributed by atoms with Crippen molar-refractivity contribution in [1.29, 1.82) is 0 Å². The maximum atomic E-state index is 12.2. The summed E-state index contributed by atoms with van der Waals surface area (Å²) < 4.78 is 0. The van der Waals surface area contributed by atoms with Gasteiger partial charge in [0.2, 0.25) is 0 Å². The van der Waals surface area contributed by atoms with Crippen LogP contribution in [0.4, 0.5) is 4.79 Å². The molecule has 2 fully saturated rings. The Hall–Kier alpha value is -1.73. The Morgan fingerprint density at radius 1 is 1.23 bits per heavy atom. The Bertz CT molecular complexity index is 605. The van der Waals surface area contributed by atoms with Gasteiger partial charge in [0.05, 0.1) is 11.3 Å². The highest BCUT2D eigenvalue weighted by Gasteiger charge is 2.31. The first-order chi connectivity index (χ1) is 12.6. The maximum Gasteiger partial charge on any atom is 0.317 e. The lowest BCUT2D eigenvalue weighted by Gasteiger charge is -2.28. The third-order valence-corrected chi connectivity index (χ3v) is 5.44. The SMILES string of the molecule is CCc1nccc(CN2CCC[C@@](O)(CNC(=O)N3CCCC3)CC2)n1. The van der Waals surface area contributed by atoms with Crippen molar-refractivity contribution in [3.05, 3.63) is 23.8 Å². The second-order valence-electron chi connectivity index (χ2n) is 7.52. The van der Waals surface area contributed by atoms with Crippen LogP contribution in [0.3, 0.4) is 0 Å². The minimum absolute atomic E-state index is 0.0369. The highest BCUT2D eigenvalue weighted by molar-refractivity contribution is 5.74.